The van der Waals surface area contributed by atoms with Crippen molar-refractivity contribution in [2.45, 2.75) is 105 Å². The maximum absolute atomic E-state index is 12.1. The van der Waals surface area contributed by atoms with Gasteiger partial charge < -0.3 is 10.6 Å². The van der Waals surface area contributed by atoms with Gasteiger partial charge in [-0.25, -0.2) is 0 Å². The molecule has 0 spiro atoms. The van der Waals surface area contributed by atoms with E-state index in [0.717, 1.165) is 31.1 Å². The molecule has 0 saturated carbocycles. The molecule has 24 heavy (non-hydrogen) atoms. The van der Waals surface area contributed by atoms with Crippen molar-refractivity contribution in [2.75, 3.05) is 7.05 Å². The highest BCUT2D eigenvalue weighted by Crippen LogP contribution is 2.33. The number of nitrogens with zero attached hydrogens (tertiary/aromatic N) is 1. The quantitative estimate of drug-likeness (QED) is 0.499. The summed E-state index contributed by atoms with van der Waals surface area (Å²) in [6.07, 6.45) is 8.80. The first-order valence-corrected chi connectivity index (χ1v) is 10.3. The van der Waals surface area contributed by atoms with Gasteiger partial charge in [0.2, 0.25) is 5.91 Å². The molecule has 3 heteroatoms. The highest BCUT2D eigenvalue weighted by Gasteiger charge is 2.25. The van der Waals surface area contributed by atoms with Crippen LogP contribution in [0.5, 0.6) is 0 Å². The molecule has 2 N–H and O–H groups in total. The lowest BCUT2D eigenvalue weighted by Gasteiger charge is -2.33. The maximum atomic E-state index is 12.1. The smallest absolute Gasteiger partial charge is 0.222 e. The number of hydrogen-bond acceptors (Lipinski definition) is 2. The van der Waals surface area contributed by atoms with E-state index in [1.54, 1.807) is 0 Å². The van der Waals surface area contributed by atoms with Crippen molar-refractivity contribution in [3.63, 3.8) is 0 Å². The number of nitrogens with two attached hydrogens (primary N) is 1. The van der Waals surface area contributed by atoms with E-state index < -0.39 is 0 Å². The molecule has 0 saturated heterocycles. The van der Waals surface area contributed by atoms with Crippen LogP contribution in [0.3, 0.4) is 0 Å². The van der Waals surface area contributed by atoms with Crippen LogP contribution in [0.4, 0.5) is 0 Å². The van der Waals surface area contributed by atoms with Gasteiger partial charge in [0.05, 0.1) is 0 Å². The van der Waals surface area contributed by atoms with Gasteiger partial charge in [0.15, 0.2) is 0 Å². The lowest BCUT2D eigenvalue weighted by molar-refractivity contribution is -0.131. The van der Waals surface area contributed by atoms with Crippen molar-refractivity contribution in [3.8, 4) is 0 Å². The molecular formula is C21H44N2O. The Hall–Kier alpha value is -0.570. The van der Waals surface area contributed by atoms with Crippen molar-refractivity contribution in [1.82, 2.24) is 4.90 Å². The van der Waals surface area contributed by atoms with E-state index >= 15 is 0 Å². The van der Waals surface area contributed by atoms with E-state index in [-0.39, 0.29) is 5.91 Å². The molecule has 3 nitrogen and oxygen atoms in total. The predicted octanol–water partition coefficient (Wildman–Crippen LogP) is 5.23. The Bertz CT molecular complexity index is 330. The van der Waals surface area contributed by atoms with Gasteiger partial charge in [-0.3, -0.25) is 4.79 Å². The van der Waals surface area contributed by atoms with Crippen LogP contribution in [-0.2, 0) is 4.79 Å². The second kappa shape index (κ2) is 12.7. The third kappa shape index (κ3) is 9.05. The molecule has 0 aliphatic heterocycles. The standard InChI is InChI=1S/C21H44N2O/c1-8-10-16(3)20(17(4)12-13-18(5)22)15-14-19(6)23(7)21(24)11-9-2/h16-20H,8-15,22H2,1-7H3. The van der Waals surface area contributed by atoms with Crippen LogP contribution in [0, 0.1) is 17.8 Å². The number of carbonyl (C=O) groups excluding carboxylic acids is 1. The minimum Gasteiger partial charge on any atom is -0.343 e. The SMILES string of the molecule is CCCC(=O)N(C)C(C)CCC(C(C)CCC)C(C)CCC(C)N. The van der Waals surface area contributed by atoms with Crippen LogP contribution in [-0.4, -0.2) is 29.9 Å². The summed E-state index contributed by atoms with van der Waals surface area (Å²) in [7, 11) is 1.96. The Morgan fingerprint density at radius 3 is 1.96 bits per heavy atom. The zero-order valence-corrected chi connectivity index (χ0v) is 17.5. The van der Waals surface area contributed by atoms with Crippen molar-refractivity contribution < 1.29 is 4.79 Å². The Balaban J connectivity index is 4.66. The Labute approximate surface area is 151 Å². The molecule has 0 aliphatic rings. The van der Waals surface area contributed by atoms with Crippen LogP contribution in [0.25, 0.3) is 0 Å². The topological polar surface area (TPSA) is 46.3 Å². The fraction of sp³-hybridized carbons (Fsp3) is 0.952. The largest absolute Gasteiger partial charge is 0.343 e. The van der Waals surface area contributed by atoms with Gasteiger partial charge in [-0.15, -0.1) is 0 Å². The van der Waals surface area contributed by atoms with Crippen molar-refractivity contribution >= 4 is 5.91 Å². The molecule has 0 rings (SSSR count). The Morgan fingerprint density at radius 1 is 0.875 bits per heavy atom. The molecule has 5 unspecified atom stereocenters. The molecule has 0 heterocycles. The first-order chi connectivity index (χ1) is 11.2. The summed E-state index contributed by atoms with van der Waals surface area (Å²) in [5.41, 5.74) is 5.96. The fourth-order valence-electron chi connectivity index (χ4n) is 3.80. The predicted molar refractivity (Wildman–Crippen MR) is 106 cm³/mol. The molecule has 0 bridgehead atoms. The number of rotatable bonds is 13. The van der Waals surface area contributed by atoms with Crippen LogP contribution >= 0.6 is 0 Å². The third-order valence-electron chi connectivity index (χ3n) is 5.72. The highest BCUT2D eigenvalue weighted by molar-refractivity contribution is 5.76. The lowest BCUT2D eigenvalue weighted by Crippen LogP contribution is -2.35. The molecule has 0 fully saturated rings. The number of carbonyl (C=O) groups is 1. The van der Waals surface area contributed by atoms with Crippen molar-refractivity contribution in [2.24, 2.45) is 23.5 Å². The van der Waals surface area contributed by atoms with E-state index in [1.165, 1.54) is 25.7 Å². The van der Waals surface area contributed by atoms with E-state index in [4.69, 9.17) is 5.73 Å². The average molecular weight is 341 g/mol. The first kappa shape index (κ1) is 23.4. The normalized spacial score (nSPS) is 17.8. The van der Waals surface area contributed by atoms with E-state index in [9.17, 15) is 4.79 Å². The van der Waals surface area contributed by atoms with Gasteiger partial charge in [-0.2, -0.15) is 0 Å². The van der Waals surface area contributed by atoms with E-state index in [2.05, 4.69) is 41.5 Å². The summed E-state index contributed by atoms with van der Waals surface area (Å²) in [6, 6.07) is 0.632. The first-order valence-electron chi connectivity index (χ1n) is 10.3. The Morgan fingerprint density at radius 2 is 1.46 bits per heavy atom. The summed E-state index contributed by atoms with van der Waals surface area (Å²) in [4.78, 5) is 14.0. The minimum atomic E-state index is 0.285. The molecule has 5 atom stereocenters. The summed E-state index contributed by atoms with van der Waals surface area (Å²) in [6.45, 7) is 13.5. The lowest BCUT2D eigenvalue weighted by atomic mass is 9.75. The van der Waals surface area contributed by atoms with Crippen LogP contribution in [0.2, 0.25) is 0 Å². The fourth-order valence-corrected chi connectivity index (χ4v) is 3.80. The number of amides is 1. The van der Waals surface area contributed by atoms with Gasteiger partial charge in [-0.1, -0.05) is 40.5 Å². The van der Waals surface area contributed by atoms with Crippen molar-refractivity contribution in [1.29, 1.82) is 0 Å². The van der Waals surface area contributed by atoms with Crippen LogP contribution in [0.1, 0.15) is 92.9 Å². The van der Waals surface area contributed by atoms with E-state index in [0.29, 0.717) is 24.4 Å². The van der Waals surface area contributed by atoms with Crippen LogP contribution in [0.15, 0.2) is 0 Å². The summed E-state index contributed by atoms with van der Waals surface area (Å²) in [5, 5.41) is 0. The van der Waals surface area contributed by atoms with Gasteiger partial charge in [0, 0.05) is 25.6 Å². The number of hydrogen-bond donors (Lipinski definition) is 1. The molecular weight excluding hydrogens is 296 g/mol. The van der Waals surface area contributed by atoms with Crippen molar-refractivity contribution in [3.05, 3.63) is 0 Å². The molecule has 1 amide bonds. The molecule has 144 valence electrons. The van der Waals surface area contributed by atoms with Gasteiger partial charge in [-0.05, 0) is 63.7 Å². The monoisotopic (exact) mass is 340 g/mol. The molecule has 0 aromatic rings. The van der Waals surface area contributed by atoms with Gasteiger partial charge >= 0.3 is 0 Å². The van der Waals surface area contributed by atoms with Gasteiger partial charge in [0.1, 0.15) is 0 Å². The Kier molecular flexibility index (Phi) is 12.4. The summed E-state index contributed by atoms with van der Waals surface area (Å²) in [5.74, 6) is 2.48. The molecule has 0 aromatic heterocycles. The second-order valence-electron chi connectivity index (χ2n) is 8.14. The van der Waals surface area contributed by atoms with Crippen LogP contribution < -0.4 is 5.73 Å². The molecule has 0 aromatic carbocycles. The molecule has 0 radical (unpaired) electrons. The minimum absolute atomic E-state index is 0.285. The second-order valence-corrected chi connectivity index (χ2v) is 8.14. The summed E-state index contributed by atoms with van der Waals surface area (Å²) < 4.78 is 0. The maximum Gasteiger partial charge on any atom is 0.222 e. The summed E-state index contributed by atoms with van der Waals surface area (Å²) >= 11 is 0. The zero-order valence-electron chi connectivity index (χ0n) is 17.5. The zero-order chi connectivity index (χ0) is 18.7. The third-order valence-corrected chi connectivity index (χ3v) is 5.72. The van der Waals surface area contributed by atoms with E-state index in [1.807, 2.05) is 11.9 Å². The highest BCUT2D eigenvalue weighted by atomic mass is 16.2. The molecule has 0 aliphatic carbocycles. The average Bonchev–Trinajstić information content (AvgIpc) is 2.52. The van der Waals surface area contributed by atoms with Gasteiger partial charge in [0.25, 0.3) is 0 Å².